The summed E-state index contributed by atoms with van der Waals surface area (Å²) in [5, 5.41) is 0. The summed E-state index contributed by atoms with van der Waals surface area (Å²) in [5.74, 6) is 1.34. The fourth-order valence-electron chi connectivity index (χ4n) is 3.94. The molecule has 126 valence electrons. The largest absolute Gasteiger partial charge is 0.459 e. The SMILES string of the molecule is C=C(COC)C(=O)OC1CCC(C2CCC(OC)CC2)CC1. The highest BCUT2D eigenvalue weighted by Gasteiger charge is 2.32. The van der Waals surface area contributed by atoms with Crippen LogP contribution in [0.25, 0.3) is 0 Å². The zero-order valence-electron chi connectivity index (χ0n) is 14.0. The van der Waals surface area contributed by atoms with Crippen molar-refractivity contribution in [2.24, 2.45) is 11.8 Å². The number of hydrogen-bond donors (Lipinski definition) is 0. The molecule has 4 nitrogen and oxygen atoms in total. The van der Waals surface area contributed by atoms with Crippen molar-refractivity contribution in [3.63, 3.8) is 0 Å². The average Bonchev–Trinajstić information content (AvgIpc) is 2.56. The summed E-state index contributed by atoms with van der Waals surface area (Å²) in [7, 11) is 3.38. The van der Waals surface area contributed by atoms with Crippen molar-refractivity contribution >= 4 is 5.97 Å². The zero-order valence-corrected chi connectivity index (χ0v) is 14.0. The van der Waals surface area contributed by atoms with Crippen LogP contribution >= 0.6 is 0 Å². The lowest BCUT2D eigenvalue weighted by molar-refractivity contribution is -0.147. The van der Waals surface area contributed by atoms with Crippen LogP contribution in [0.5, 0.6) is 0 Å². The van der Waals surface area contributed by atoms with E-state index in [0.29, 0.717) is 11.7 Å². The highest BCUT2D eigenvalue weighted by Crippen LogP contribution is 2.39. The van der Waals surface area contributed by atoms with Gasteiger partial charge in [-0.1, -0.05) is 6.58 Å². The molecule has 0 amide bonds. The molecule has 0 aromatic carbocycles. The van der Waals surface area contributed by atoms with E-state index in [1.54, 1.807) is 7.11 Å². The molecule has 2 aliphatic carbocycles. The molecule has 0 bridgehead atoms. The molecule has 2 fully saturated rings. The Labute approximate surface area is 134 Å². The van der Waals surface area contributed by atoms with Crippen LogP contribution < -0.4 is 0 Å². The molecule has 0 radical (unpaired) electrons. The molecule has 4 heteroatoms. The van der Waals surface area contributed by atoms with Gasteiger partial charge in [-0.2, -0.15) is 0 Å². The molecule has 0 aromatic heterocycles. The summed E-state index contributed by atoms with van der Waals surface area (Å²) in [6, 6.07) is 0. The van der Waals surface area contributed by atoms with Gasteiger partial charge in [0.1, 0.15) is 6.10 Å². The van der Waals surface area contributed by atoms with Gasteiger partial charge in [0, 0.05) is 14.2 Å². The fourth-order valence-corrected chi connectivity index (χ4v) is 3.94. The molecule has 0 unspecified atom stereocenters. The van der Waals surface area contributed by atoms with E-state index in [4.69, 9.17) is 14.2 Å². The topological polar surface area (TPSA) is 44.8 Å². The molecule has 0 atom stereocenters. The lowest BCUT2D eigenvalue weighted by Gasteiger charge is -2.37. The molecule has 0 saturated heterocycles. The first kappa shape index (κ1) is 17.5. The molecule has 22 heavy (non-hydrogen) atoms. The second kappa shape index (κ2) is 8.68. The van der Waals surface area contributed by atoms with Gasteiger partial charge >= 0.3 is 5.97 Å². The molecule has 0 heterocycles. The fraction of sp³-hybridized carbons (Fsp3) is 0.833. The average molecular weight is 310 g/mol. The van der Waals surface area contributed by atoms with E-state index in [2.05, 4.69) is 6.58 Å². The number of hydrogen-bond acceptors (Lipinski definition) is 4. The van der Waals surface area contributed by atoms with Crippen LogP contribution in [-0.2, 0) is 19.0 Å². The lowest BCUT2D eigenvalue weighted by Crippen LogP contribution is -2.31. The van der Waals surface area contributed by atoms with Crippen LogP contribution in [0.1, 0.15) is 51.4 Å². The van der Waals surface area contributed by atoms with Crippen LogP contribution in [0, 0.1) is 11.8 Å². The van der Waals surface area contributed by atoms with E-state index in [9.17, 15) is 4.79 Å². The normalized spacial score (nSPS) is 32.5. The highest BCUT2D eigenvalue weighted by molar-refractivity contribution is 5.88. The van der Waals surface area contributed by atoms with Gasteiger partial charge in [-0.15, -0.1) is 0 Å². The van der Waals surface area contributed by atoms with Crippen LogP contribution in [0.15, 0.2) is 12.2 Å². The Morgan fingerprint density at radius 3 is 1.86 bits per heavy atom. The van der Waals surface area contributed by atoms with Gasteiger partial charge in [-0.05, 0) is 63.2 Å². The second-order valence-electron chi connectivity index (χ2n) is 6.75. The molecule has 2 rings (SSSR count). The lowest BCUT2D eigenvalue weighted by atomic mass is 9.72. The molecule has 2 aliphatic rings. The maximum atomic E-state index is 11.8. The van der Waals surface area contributed by atoms with Gasteiger partial charge in [-0.25, -0.2) is 4.79 Å². The molecule has 0 aliphatic heterocycles. The Morgan fingerprint density at radius 2 is 1.41 bits per heavy atom. The summed E-state index contributed by atoms with van der Waals surface area (Å²) in [5.41, 5.74) is 0.405. The van der Waals surface area contributed by atoms with Crippen molar-refractivity contribution in [2.75, 3.05) is 20.8 Å². The number of esters is 1. The maximum absolute atomic E-state index is 11.8. The van der Waals surface area contributed by atoms with E-state index in [0.717, 1.165) is 24.7 Å². The Morgan fingerprint density at radius 1 is 0.909 bits per heavy atom. The van der Waals surface area contributed by atoms with Crippen molar-refractivity contribution in [3.8, 4) is 0 Å². The van der Waals surface area contributed by atoms with Gasteiger partial charge in [0.2, 0.25) is 0 Å². The second-order valence-corrected chi connectivity index (χ2v) is 6.75. The highest BCUT2D eigenvalue weighted by atomic mass is 16.5. The van der Waals surface area contributed by atoms with Gasteiger partial charge < -0.3 is 14.2 Å². The maximum Gasteiger partial charge on any atom is 0.336 e. The zero-order chi connectivity index (χ0) is 15.9. The van der Waals surface area contributed by atoms with E-state index in [-0.39, 0.29) is 18.7 Å². The van der Waals surface area contributed by atoms with Crippen LogP contribution in [0.2, 0.25) is 0 Å². The predicted molar refractivity (Wildman–Crippen MR) is 85.6 cm³/mol. The number of methoxy groups -OCH3 is 2. The van der Waals surface area contributed by atoms with Gasteiger partial charge in [0.15, 0.2) is 0 Å². The summed E-state index contributed by atoms with van der Waals surface area (Å²) in [6.07, 6.45) is 9.85. The third-order valence-electron chi connectivity index (χ3n) is 5.32. The van der Waals surface area contributed by atoms with Crippen LogP contribution in [0.4, 0.5) is 0 Å². The van der Waals surface area contributed by atoms with Crippen molar-refractivity contribution in [3.05, 3.63) is 12.2 Å². The van der Waals surface area contributed by atoms with Crippen molar-refractivity contribution in [2.45, 2.75) is 63.6 Å². The minimum atomic E-state index is -0.300. The standard InChI is InChI=1S/C18H30O4/c1-13(12-20-2)18(19)22-17-10-6-15(7-11-17)14-4-8-16(21-3)9-5-14/h14-17H,1,4-12H2,2-3H3. The number of rotatable bonds is 6. The Balaban J connectivity index is 1.70. The molecular formula is C18H30O4. The smallest absolute Gasteiger partial charge is 0.336 e. The summed E-state index contributed by atoms with van der Waals surface area (Å²) < 4.78 is 15.9. The van der Waals surface area contributed by atoms with Crippen LogP contribution in [-0.4, -0.2) is 39.0 Å². The molecule has 0 N–H and O–H groups in total. The summed E-state index contributed by atoms with van der Waals surface area (Å²) in [6.45, 7) is 3.95. The summed E-state index contributed by atoms with van der Waals surface area (Å²) >= 11 is 0. The van der Waals surface area contributed by atoms with E-state index in [1.807, 2.05) is 7.11 Å². The van der Waals surface area contributed by atoms with Gasteiger partial charge in [-0.3, -0.25) is 0 Å². The monoisotopic (exact) mass is 310 g/mol. The van der Waals surface area contributed by atoms with E-state index < -0.39 is 0 Å². The first-order chi connectivity index (χ1) is 10.6. The molecule has 2 saturated carbocycles. The quantitative estimate of drug-likeness (QED) is 0.556. The first-order valence-corrected chi connectivity index (χ1v) is 8.54. The Bertz CT molecular complexity index is 363. The van der Waals surface area contributed by atoms with Crippen LogP contribution in [0.3, 0.4) is 0 Å². The number of carbonyl (C=O) groups is 1. The number of ether oxygens (including phenoxy) is 3. The minimum Gasteiger partial charge on any atom is -0.459 e. The summed E-state index contributed by atoms with van der Waals surface area (Å²) in [4.78, 5) is 11.8. The van der Waals surface area contributed by atoms with Gasteiger partial charge in [0.05, 0.1) is 18.3 Å². The van der Waals surface area contributed by atoms with Gasteiger partial charge in [0.25, 0.3) is 0 Å². The Hall–Kier alpha value is -0.870. The van der Waals surface area contributed by atoms with E-state index in [1.165, 1.54) is 38.5 Å². The first-order valence-electron chi connectivity index (χ1n) is 8.54. The molecular weight excluding hydrogens is 280 g/mol. The van der Waals surface area contributed by atoms with Crippen molar-refractivity contribution in [1.82, 2.24) is 0 Å². The van der Waals surface area contributed by atoms with E-state index >= 15 is 0 Å². The third kappa shape index (κ3) is 4.82. The van der Waals surface area contributed by atoms with Crippen molar-refractivity contribution in [1.29, 1.82) is 0 Å². The predicted octanol–water partition coefficient (Wildman–Crippen LogP) is 3.50. The number of carbonyl (C=O) groups excluding carboxylic acids is 1. The molecule has 0 aromatic rings. The van der Waals surface area contributed by atoms with Crippen molar-refractivity contribution < 1.29 is 19.0 Å². The Kier molecular flexibility index (Phi) is 6.90. The minimum absolute atomic E-state index is 0.0627. The molecule has 0 spiro atoms. The third-order valence-corrected chi connectivity index (χ3v) is 5.32.